The van der Waals surface area contributed by atoms with Gasteiger partial charge in [-0.1, -0.05) is 35.9 Å². The Morgan fingerprint density at radius 3 is 2.62 bits per heavy atom. The number of halogens is 1. The Kier molecular flexibility index (Phi) is 7.58. The Hall–Kier alpha value is -3.62. The summed E-state index contributed by atoms with van der Waals surface area (Å²) in [6, 6.07) is 21.2. The van der Waals surface area contributed by atoms with Gasteiger partial charge < -0.3 is 19.3 Å². The largest absolute Gasteiger partial charge is 0.497 e. The van der Waals surface area contributed by atoms with Gasteiger partial charge in [0.15, 0.2) is 5.82 Å². The Morgan fingerprint density at radius 1 is 1.03 bits per heavy atom. The highest BCUT2D eigenvalue weighted by Gasteiger charge is 2.23. The van der Waals surface area contributed by atoms with Gasteiger partial charge in [0, 0.05) is 60.4 Å². The molecule has 1 fully saturated rings. The fourth-order valence-electron chi connectivity index (χ4n) is 4.28. The molecule has 190 valence electrons. The number of piperazine rings is 1. The molecule has 1 aliphatic rings. The van der Waals surface area contributed by atoms with E-state index in [9.17, 15) is 4.79 Å². The van der Waals surface area contributed by atoms with Crippen LogP contribution in [0.4, 0.5) is 5.69 Å². The molecule has 4 aromatic rings. The van der Waals surface area contributed by atoms with Crippen molar-refractivity contribution in [3.8, 4) is 16.7 Å². The molecule has 0 saturated carbocycles. The average molecular weight is 535 g/mol. The second-order valence-corrected chi connectivity index (χ2v) is 10.00. The molecule has 0 unspecified atom stereocenters. The SMILES string of the molecule is COc1cccc(Cc2nsc(Oc3cc(C(=O)N4CCN(c5cccc(Cl)c5)CC4)ccc3C)n2)c1. The molecule has 1 saturated heterocycles. The number of carbonyl (C=O) groups is 1. The molecule has 0 bridgehead atoms. The first-order valence-corrected chi connectivity index (χ1v) is 13.2. The number of methoxy groups -OCH3 is 1. The first-order chi connectivity index (χ1) is 18.0. The Labute approximate surface area is 225 Å². The summed E-state index contributed by atoms with van der Waals surface area (Å²) in [5.41, 5.74) is 3.65. The minimum atomic E-state index is -0.00780. The zero-order valence-corrected chi connectivity index (χ0v) is 22.3. The molecule has 37 heavy (non-hydrogen) atoms. The van der Waals surface area contributed by atoms with Crippen LogP contribution in [0.3, 0.4) is 0 Å². The third-order valence-corrected chi connectivity index (χ3v) is 7.19. The van der Waals surface area contributed by atoms with Crippen LogP contribution < -0.4 is 14.4 Å². The number of hydrogen-bond donors (Lipinski definition) is 0. The van der Waals surface area contributed by atoms with Crippen molar-refractivity contribution in [2.75, 3.05) is 38.2 Å². The number of carbonyl (C=O) groups excluding carboxylic acids is 1. The van der Waals surface area contributed by atoms with Crippen molar-refractivity contribution in [3.05, 3.63) is 94.3 Å². The Bertz CT molecular complexity index is 1400. The van der Waals surface area contributed by atoms with Crippen LogP contribution in [0.25, 0.3) is 0 Å². The smallest absolute Gasteiger partial charge is 0.298 e. The monoisotopic (exact) mass is 534 g/mol. The predicted octanol–water partition coefficient (Wildman–Crippen LogP) is 5.85. The number of anilines is 1. The summed E-state index contributed by atoms with van der Waals surface area (Å²) in [7, 11) is 1.65. The minimum Gasteiger partial charge on any atom is -0.497 e. The van der Waals surface area contributed by atoms with Gasteiger partial charge in [0.05, 0.1) is 7.11 Å². The molecule has 1 amide bonds. The fraction of sp³-hybridized carbons (Fsp3) is 0.250. The molecule has 2 heterocycles. The number of amides is 1. The highest BCUT2D eigenvalue weighted by Crippen LogP contribution is 2.29. The van der Waals surface area contributed by atoms with Crippen molar-refractivity contribution >= 4 is 34.7 Å². The first kappa shape index (κ1) is 25.0. The lowest BCUT2D eigenvalue weighted by molar-refractivity contribution is 0.0746. The van der Waals surface area contributed by atoms with Crippen molar-refractivity contribution < 1.29 is 14.3 Å². The maximum Gasteiger partial charge on any atom is 0.298 e. The van der Waals surface area contributed by atoms with Gasteiger partial charge >= 0.3 is 0 Å². The Balaban J connectivity index is 1.23. The lowest BCUT2D eigenvalue weighted by Crippen LogP contribution is -2.48. The zero-order chi connectivity index (χ0) is 25.8. The summed E-state index contributed by atoms with van der Waals surface area (Å²) >= 11 is 7.34. The van der Waals surface area contributed by atoms with Crippen LogP contribution in [0.15, 0.2) is 66.7 Å². The quantitative estimate of drug-likeness (QED) is 0.296. The van der Waals surface area contributed by atoms with Crippen LogP contribution in [0, 0.1) is 6.92 Å². The first-order valence-electron chi connectivity index (χ1n) is 12.0. The zero-order valence-electron chi connectivity index (χ0n) is 20.7. The van der Waals surface area contributed by atoms with Crippen LogP contribution >= 0.6 is 23.1 Å². The highest BCUT2D eigenvalue weighted by molar-refractivity contribution is 7.07. The molecule has 1 aromatic heterocycles. The summed E-state index contributed by atoms with van der Waals surface area (Å²) in [5.74, 6) is 2.07. The summed E-state index contributed by atoms with van der Waals surface area (Å²) in [6.45, 7) is 4.73. The van der Waals surface area contributed by atoms with Crippen LogP contribution in [0.5, 0.6) is 16.7 Å². The van der Waals surface area contributed by atoms with Crippen LogP contribution in [-0.4, -0.2) is 53.5 Å². The topological polar surface area (TPSA) is 67.8 Å². The molecule has 7 nitrogen and oxygen atoms in total. The van der Waals surface area contributed by atoms with E-state index >= 15 is 0 Å². The summed E-state index contributed by atoms with van der Waals surface area (Å²) in [6.07, 6.45) is 0.579. The van der Waals surface area contributed by atoms with E-state index in [4.69, 9.17) is 21.1 Å². The van der Waals surface area contributed by atoms with Crippen molar-refractivity contribution in [2.45, 2.75) is 13.3 Å². The number of nitrogens with zero attached hydrogens (tertiary/aromatic N) is 4. The third-order valence-electron chi connectivity index (χ3n) is 6.32. The van der Waals surface area contributed by atoms with E-state index in [-0.39, 0.29) is 5.91 Å². The fourth-order valence-corrected chi connectivity index (χ4v) is 5.02. The van der Waals surface area contributed by atoms with Gasteiger partial charge in [-0.05, 0) is 60.5 Å². The van der Waals surface area contributed by atoms with Gasteiger partial charge in [-0.2, -0.15) is 9.36 Å². The van der Waals surface area contributed by atoms with Gasteiger partial charge in [-0.15, -0.1) is 0 Å². The molecule has 5 rings (SSSR count). The molecule has 3 aromatic carbocycles. The van der Waals surface area contributed by atoms with E-state index < -0.39 is 0 Å². The predicted molar refractivity (Wildman–Crippen MR) is 147 cm³/mol. The minimum absolute atomic E-state index is 0.00780. The van der Waals surface area contributed by atoms with E-state index in [0.717, 1.165) is 35.7 Å². The van der Waals surface area contributed by atoms with Crippen LogP contribution in [0.2, 0.25) is 5.02 Å². The molecule has 0 radical (unpaired) electrons. The van der Waals surface area contributed by atoms with Gasteiger partial charge in [0.2, 0.25) is 0 Å². The van der Waals surface area contributed by atoms with Gasteiger partial charge in [0.25, 0.3) is 11.1 Å². The van der Waals surface area contributed by atoms with Crippen molar-refractivity contribution in [1.82, 2.24) is 14.3 Å². The maximum atomic E-state index is 13.3. The lowest BCUT2D eigenvalue weighted by atomic mass is 10.1. The van der Waals surface area contributed by atoms with E-state index in [1.807, 2.05) is 72.5 Å². The van der Waals surface area contributed by atoms with Gasteiger partial charge in [0.1, 0.15) is 11.5 Å². The molecule has 0 N–H and O–H groups in total. The summed E-state index contributed by atoms with van der Waals surface area (Å²) in [5, 5.41) is 1.16. The normalized spacial score (nSPS) is 13.5. The summed E-state index contributed by atoms with van der Waals surface area (Å²) in [4.78, 5) is 21.9. The molecule has 1 aliphatic heterocycles. The summed E-state index contributed by atoms with van der Waals surface area (Å²) < 4.78 is 15.8. The van der Waals surface area contributed by atoms with Crippen molar-refractivity contribution in [1.29, 1.82) is 0 Å². The van der Waals surface area contributed by atoms with Crippen LogP contribution in [-0.2, 0) is 6.42 Å². The maximum absolute atomic E-state index is 13.3. The number of benzene rings is 3. The molecular formula is C28H27ClN4O3S. The third kappa shape index (κ3) is 6.03. The Morgan fingerprint density at radius 2 is 1.84 bits per heavy atom. The number of aromatic nitrogens is 2. The van der Waals surface area contributed by atoms with Crippen LogP contribution in [0.1, 0.15) is 27.3 Å². The number of aryl methyl sites for hydroxylation is 1. The number of ether oxygens (including phenoxy) is 2. The van der Waals surface area contributed by atoms with Gasteiger partial charge in [-0.3, -0.25) is 4.79 Å². The van der Waals surface area contributed by atoms with Gasteiger partial charge in [-0.25, -0.2) is 0 Å². The van der Waals surface area contributed by atoms with E-state index in [1.165, 1.54) is 11.5 Å². The second kappa shape index (κ2) is 11.2. The van der Waals surface area contributed by atoms with E-state index in [0.29, 0.717) is 46.9 Å². The molecule has 0 atom stereocenters. The van der Waals surface area contributed by atoms with E-state index in [1.54, 1.807) is 13.2 Å². The molecule has 0 spiro atoms. The highest BCUT2D eigenvalue weighted by atomic mass is 35.5. The number of hydrogen-bond acceptors (Lipinski definition) is 7. The van der Waals surface area contributed by atoms with Crippen molar-refractivity contribution in [3.63, 3.8) is 0 Å². The standard InChI is InChI=1S/C28H27ClN4O3S/c1-19-9-10-21(27(34)33-13-11-32(12-14-33)23-7-4-6-22(29)18-23)17-25(19)36-28-30-26(31-37-28)16-20-5-3-8-24(15-20)35-2/h3-10,15,17-18H,11-14,16H2,1-2H3. The molecule has 9 heteroatoms. The lowest BCUT2D eigenvalue weighted by Gasteiger charge is -2.36. The number of rotatable bonds is 7. The van der Waals surface area contributed by atoms with Crippen molar-refractivity contribution in [2.24, 2.45) is 0 Å². The second-order valence-electron chi connectivity index (χ2n) is 8.85. The molecule has 0 aliphatic carbocycles. The van der Waals surface area contributed by atoms with E-state index in [2.05, 4.69) is 14.3 Å². The average Bonchev–Trinajstić information content (AvgIpc) is 3.36. The molecular weight excluding hydrogens is 508 g/mol.